The number of thiophene rings is 1. The van der Waals surface area contributed by atoms with Crippen molar-refractivity contribution in [1.29, 1.82) is 0 Å². The average molecular weight is 313 g/mol. The molecule has 2 aromatic heterocycles. The second-order valence-electron chi connectivity index (χ2n) is 4.46. The Labute approximate surface area is 129 Å². The lowest BCUT2D eigenvalue weighted by Crippen LogP contribution is -2.17. The van der Waals surface area contributed by atoms with Crippen LogP contribution in [0, 0.1) is 0 Å². The van der Waals surface area contributed by atoms with E-state index in [1.165, 1.54) is 17.5 Å². The van der Waals surface area contributed by atoms with E-state index in [0.717, 1.165) is 4.68 Å². The average Bonchev–Trinajstić information content (AvgIpc) is 3.18. The molecule has 1 amide bonds. The second-order valence-corrected chi connectivity index (χ2v) is 5.40. The van der Waals surface area contributed by atoms with Crippen LogP contribution in [0.4, 0.5) is 5.69 Å². The van der Waals surface area contributed by atoms with Gasteiger partial charge in [-0.15, -0.1) is 11.3 Å². The summed E-state index contributed by atoms with van der Waals surface area (Å²) in [6.45, 7) is 0. The highest BCUT2D eigenvalue weighted by molar-refractivity contribution is 7.12. The first-order valence-electron chi connectivity index (χ1n) is 6.41. The lowest BCUT2D eigenvalue weighted by Gasteiger charge is -2.01. The molecular weight excluding hydrogens is 302 g/mol. The fraction of sp³-hybridized carbons (Fsp3) is 0. The molecule has 110 valence electrons. The first kappa shape index (κ1) is 14.0. The van der Waals surface area contributed by atoms with Crippen molar-refractivity contribution in [3.05, 3.63) is 74.8 Å². The van der Waals surface area contributed by atoms with Crippen molar-refractivity contribution in [2.24, 2.45) is 0 Å². The number of hydrogen-bond donors (Lipinski definition) is 2. The summed E-state index contributed by atoms with van der Waals surface area (Å²) in [5, 5.41) is 6.66. The Morgan fingerprint density at radius 2 is 1.86 bits per heavy atom. The number of nitrogens with one attached hydrogen (secondary N) is 2. The molecule has 3 rings (SSSR count). The smallest absolute Gasteiger partial charge is 0.288 e. The highest BCUT2D eigenvalue weighted by atomic mass is 32.1. The molecule has 2 heterocycles. The van der Waals surface area contributed by atoms with Gasteiger partial charge in [-0.1, -0.05) is 24.3 Å². The van der Waals surface area contributed by atoms with Gasteiger partial charge >= 0.3 is 0 Å². The highest BCUT2D eigenvalue weighted by Crippen LogP contribution is 2.11. The number of nitrogens with zero attached hydrogens (tertiary/aromatic N) is 1. The third kappa shape index (κ3) is 2.75. The third-order valence-corrected chi connectivity index (χ3v) is 3.82. The van der Waals surface area contributed by atoms with Gasteiger partial charge in [0, 0.05) is 5.56 Å². The molecule has 0 atom stereocenters. The Kier molecular flexibility index (Phi) is 3.71. The van der Waals surface area contributed by atoms with Crippen LogP contribution in [0.5, 0.6) is 0 Å². The number of amides is 1. The van der Waals surface area contributed by atoms with Gasteiger partial charge in [-0.05, 0) is 23.6 Å². The number of hydrogen-bond acceptors (Lipinski definition) is 4. The van der Waals surface area contributed by atoms with Crippen molar-refractivity contribution < 1.29 is 9.59 Å². The highest BCUT2D eigenvalue weighted by Gasteiger charge is 2.15. The Morgan fingerprint density at radius 1 is 1.09 bits per heavy atom. The van der Waals surface area contributed by atoms with Gasteiger partial charge in [-0.3, -0.25) is 19.5 Å². The van der Waals surface area contributed by atoms with Crippen molar-refractivity contribution in [3.8, 4) is 0 Å². The summed E-state index contributed by atoms with van der Waals surface area (Å²) in [5.41, 5.74) is -0.0767. The maximum atomic E-state index is 12.1. The van der Waals surface area contributed by atoms with Crippen LogP contribution < -0.4 is 10.9 Å². The molecule has 0 aliphatic carbocycles. The maximum Gasteiger partial charge on any atom is 0.288 e. The van der Waals surface area contributed by atoms with E-state index in [2.05, 4.69) is 10.4 Å². The van der Waals surface area contributed by atoms with Gasteiger partial charge in [0.1, 0.15) is 5.69 Å². The molecule has 0 bridgehead atoms. The minimum Gasteiger partial charge on any atom is -0.316 e. The van der Waals surface area contributed by atoms with Gasteiger partial charge in [-0.25, -0.2) is 4.68 Å². The van der Waals surface area contributed by atoms with Gasteiger partial charge in [-0.2, -0.15) is 0 Å². The minimum atomic E-state index is -0.533. The fourth-order valence-electron chi connectivity index (χ4n) is 1.89. The van der Waals surface area contributed by atoms with Crippen LogP contribution in [0.1, 0.15) is 20.0 Å². The molecule has 1 aromatic carbocycles. The van der Waals surface area contributed by atoms with Gasteiger partial charge in [0.05, 0.1) is 11.1 Å². The van der Waals surface area contributed by atoms with Gasteiger partial charge in [0.15, 0.2) is 0 Å². The number of anilines is 1. The summed E-state index contributed by atoms with van der Waals surface area (Å²) >= 11 is 1.27. The molecule has 6 nitrogen and oxygen atoms in total. The van der Waals surface area contributed by atoms with Crippen LogP contribution >= 0.6 is 11.3 Å². The number of carbonyl (C=O) groups is 2. The predicted octanol–water partition coefficient (Wildman–Crippen LogP) is 2.18. The summed E-state index contributed by atoms with van der Waals surface area (Å²) in [5.74, 6) is -0.764. The Bertz CT molecular complexity index is 863. The minimum absolute atomic E-state index is 0.0266. The Hall–Kier alpha value is -2.93. The quantitative estimate of drug-likeness (QED) is 0.777. The summed E-state index contributed by atoms with van der Waals surface area (Å²) in [6.07, 6.45) is 1.28. The molecular formula is C15H11N3O3S. The van der Waals surface area contributed by atoms with Gasteiger partial charge in [0.2, 0.25) is 0 Å². The molecule has 7 heteroatoms. The molecule has 0 unspecified atom stereocenters. The molecule has 3 aromatic rings. The Balaban J connectivity index is 1.83. The van der Waals surface area contributed by atoms with E-state index in [1.807, 2.05) is 0 Å². The van der Waals surface area contributed by atoms with E-state index in [4.69, 9.17) is 0 Å². The maximum absolute atomic E-state index is 12.1. The fourth-order valence-corrected chi connectivity index (χ4v) is 2.55. The van der Waals surface area contributed by atoms with Crippen LogP contribution in [0.3, 0.4) is 0 Å². The summed E-state index contributed by atoms with van der Waals surface area (Å²) in [4.78, 5) is 36.5. The number of rotatable bonds is 3. The zero-order chi connectivity index (χ0) is 15.5. The molecule has 22 heavy (non-hydrogen) atoms. The van der Waals surface area contributed by atoms with Crippen molar-refractivity contribution in [1.82, 2.24) is 9.78 Å². The van der Waals surface area contributed by atoms with E-state index >= 15 is 0 Å². The van der Waals surface area contributed by atoms with Crippen LogP contribution in [-0.2, 0) is 0 Å². The molecule has 2 N–H and O–H groups in total. The molecule has 0 saturated heterocycles. The van der Waals surface area contributed by atoms with E-state index in [-0.39, 0.29) is 11.6 Å². The Morgan fingerprint density at radius 3 is 2.55 bits per heavy atom. The molecule has 0 spiro atoms. The number of benzene rings is 1. The van der Waals surface area contributed by atoms with Crippen LogP contribution in [0.2, 0.25) is 0 Å². The first-order valence-corrected chi connectivity index (χ1v) is 7.29. The first-order chi connectivity index (χ1) is 10.6. The van der Waals surface area contributed by atoms with Crippen LogP contribution in [-0.4, -0.2) is 21.6 Å². The molecule has 0 saturated carbocycles. The lowest BCUT2D eigenvalue weighted by atomic mass is 10.2. The normalized spacial score (nSPS) is 10.4. The van der Waals surface area contributed by atoms with Crippen LogP contribution in [0.25, 0.3) is 0 Å². The number of H-pyrrole nitrogens is 1. The van der Waals surface area contributed by atoms with Gasteiger partial charge < -0.3 is 5.32 Å². The van der Waals surface area contributed by atoms with E-state index < -0.39 is 11.5 Å². The number of aromatic amines is 1. The standard InChI is InChI=1S/C15H11N3O3S/c19-13(10-5-2-1-3-6-10)16-11-9-18(17-14(11)20)15(21)12-7-4-8-22-12/h1-9H,(H,16,19)(H,17,20). The summed E-state index contributed by atoms with van der Waals surface area (Å²) in [6, 6.07) is 11.9. The van der Waals surface area contributed by atoms with E-state index in [0.29, 0.717) is 10.4 Å². The van der Waals surface area contributed by atoms with Crippen molar-refractivity contribution in [2.75, 3.05) is 5.32 Å². The lowest BCUT2D eigenvalue weighted by molar-refractivity contribution is 0.0947. The molecule has 0 aliphatic heterocycles. The molecule has 0 fully saturated rings. The zero-order valence-electron chi connectivity index (χ0n) is 11.3. The second kappa shape index (κ2) is 5.82. The monoisotopic (exact) mass is 313 g/mol. The predicted molar refractivity (Wildman–Crippen MR) is 83.5 cm³/mol. The van der Waals surface area contributed by atoms with Crippen LogP contribution in [0.15, 0.2) is 58.8 Å². The SMILES string of the molecule is O=C(Nc1cn(C(=O)c2cccs2)[nH]c1=O)c1ccccc1. The third-order valence-electron chi connectivity index (χ3n) is 2.96. The number of aromatic nitrogens is 2. The number of carbonyl (C=O) groups excluding carboxylic acids is 2. The van der Waals surface area contributed by atoms with Crippen molar-refractivity contribution in [2.45, 2.75) is 0 Å². The topological polar surface area (TPSA) is 84.0 Å². The van der Waals surface area contributed by atoms with E-state index in [9.17, 15) is 14.4 Å². The summed E-state index contributed by atoms with van der Waals surface area (Å²) < 4.78 is 1.06. The summed E-state index contributed by atoms with van der Waals surface area (Å²) in [7, 11) is 0. The van der Waals surface area contributed by atoms with Crippen molar-refractivity contribution in [3.63, 3.8) is 0 Å². The van der Waals surface area contributed by atoms with E-state index in [1.54, 1.807) is 47.8 Å². The zero-order valence-corrected chi connectivity index (χ0v) is 12.1. The van der Waals surface area contributed by atoms with Crippen molar-refractivity contribution >= 4 is 28.8 Å². The van der Waals surface area contributed by atoms with Gasteiger partial charge in [0.25, 0.3) is 17.4 Å². The molecule has 0 radical (unpaired) electrons. The largest absolute Gasteiger partial charge is 0.316 e. The molecule has 0 aliphatic rings.